The molecule has 6 nitrogen and oxygen atoms in total. The molecule has 3 rings (SSSR count). The maximum Gasteiger partial charge on any atom is 0.246 e. The van der Waals surface area contributed by atoms with E-state index in [0.717, 1.165) is 43.1 Å². The van der Waals surface area contributed by atoms with E-state index >= 15 is 0 Å². The summed E-state index contributed by atoms with van der Waals surface area (Å²) < 4.78 is 5.39. The van der Waals surface area contributed by atoms with E-state index in [1.807, 2.05) is 42.5 Å². The SMILES string of the molecule is NC(=O)CCN(Cc1ccccc1)C(=O)C=Cc1ccc(N2CCOCC2)cc1. The van der Waals surface area contributed by atoms with E-state index in [2.05, 4.69) is 17.0 Å². The molecule has 0 bridgehead atoms. The number of ether oxygens (including phenoxy) is 1. The third-order valence-corrected chi connectivity index (χ3v) is 4.84. The first-order valence-electron chi connectivity index (χ1n) is 9.84. The second kappa shape index (κ2) is 10.4. The number of anilines is 1. The maximum absolute atomic E-state index is 12.7. The fourth-order valence-electron chi connectivity index (χ4n) is 3.21. The van der Waals surface area contributed by atoms with Crippen LogP contribution >= 0.6 is 0 Å². The number of carbonyl (C=O) groups excluding carboxylic acids is 2. The Hall–Kier alpha value is -3.12. The van der Waals surface area contributed by atoms with E-state index in [-0.39, 0.29) is 12.3 Å². The highest BCUT2D eigenvalue weighted by atomic mass is 16.5. The average molecular weight is 393 g/mol. The van der Waals surface area contributed by atoms with Crippen LogP contribution in [0.25, 0.3) is 6.08 Å². The highest BCUT2D eigenvalue weighted by Crippen LogP contribution is 2.17. The third kappa shape index (κ3) is 6.47. The molecular weight excluding hydrogens is 366 g/mol. The lowest BCUT2D eigenvalue weighted by atomic mass is 10.1. The minimum absolute atomic E-state index is 0.140. The fourth-order valence-corrected chi connectivity index (χ4v) is 3.21. The predicted octanol–water partition coefficient (Wildman–Crippen LogP) is 2.44. The smallest absolute Gasteiger partial charge is 0.246 e. The summed E-state index contributed by atoms with van der Waals surface area (Å²) in [7, 11) is 0. The van der Waals surface area contributed by atoms with Crippen LogP contribution in [0.15, 0.2) is 60.7 Å². The standard InChI is InChI=1S/C23H27N3O3/c24-22(27)12-13-26(18-20-4-2-1-3-5-20)23(28)11-8-19-6-9-21(10-7-19)25-14-16-29-17-15-25/h1-11H,12-18H2,(H2,24,27). The van der Waals surface area contributed by atoms with Crippen LogP contribution in [0, 0.1) is 0 Å². The van der Waals surface area contributed by atoms with Gasteiger partial charge in [-0.15, -0.1) is 0 Å². The second-order valence-corrected chi connectivity index (χ2v) is 6.99. The van der Waals surface area contributed by atoms with Gasteiger partial charge in [-0.25, -0.2) is 0 Å². The molecule has 1 aliphatic heterocycles. The number of carbonyl (C=O) groups is 2. The van der Waals surface area contributed by atoms with Gasteiger partial charge in [-0.05, 0) is 29.3 Å². The molecule has 0 atom stereocenters. The van der Waals surface area contributed by atoms with E-state index in [1.54, 1.807) is 17.1 Å². The summed E-state index contributed by atoms with van der Waals surface area (Å²) in [5.74, 6) is -0.564. The van der Waals surface area contributed by atoms with E-state index in [4.69, 9.17) is 10.5 Å². The number of hydrogen-bond acceptors (Lipinski definition) is 4. The van der Waals surface area contributed by atoms with Crippen LogP contribution < -0.4 is 10.6 Å². The van der Waals surface area contributed by atoms with Gasteiger partial charge in [-0.3, -0.25) is 9.59 Å². The monoisotopic (exact) mass is 393 g/mol. The largest absolute Gasteiger partial charge is 0.378 e. The Labute approximate surface area is 171 Å². The molecule has 0 aromatic heterocycles. The van der Waals surface area contributed by atoms with Crippen molar-refractivity contribution < 1.29 is 14.3 Å². The highest BCUT2D eigenvalue weighted by Gasteiger charge is 2.13. The van der Waals surface area contributed by atoms with Crippen molar-refractivity contribution in [2.45, 2.75) is 13.0 Å². The normalized spacial score (nSPS) is 14.1. The summed E-state index contributed by atoms with van der Waals surface area (Å²) in [6, 6.07) is 17.8. The molecule has 0 spiro atoms. The zero-order valence-electron chi connectivity index (χ0n) is 16.5. The molecule has 1 saturated heterocycles. The summed E-state index contributed by atoms with van der Waals surface area (Å²) in [6.07, 6.45) is 3.49. The van der Waals surface area contributed by atoms with Crippen molar-refractivity contribution >= 4 is 23.6 Å². The number of nitrogens with two attached hydrogens (primary N) is 1. The van der Waals surface area contributed by atoms with Gasteiger partial charge >= 0.3 is 0 Å². The average Bonchev–Trinajstić information content (AvgIpc) is 2.76. The Balaban J connectivity index is 1.64. The molecule has 0 saturated carbocycles. The van der Waals surface area contributed by atoms with E-state index in [9.17, 15) is 9.59 Å². The quantitative estimate of drug-likeness (QED) is 0.699. The third-order valence-electron chi connectivity index (χ3n) is 4.84. The van der Waals surface area contributed by atoms with Crippen LogP contribution in [0.5, 0.6) is 0 Å². The van der Waals surface area contributed by atoms with Crippen molar-refractivity contribution in [3.05, 3.63) is 71.8 Å². The molecule has 0 radical (unpaired) electrons. The minimum Gasteiger partial charge on any atom is -0.378 e. The molecule has 1 aliphatic rings. The van der Waals surface area contributed by atoms with Gasteiger partial charge < -0.3 is 20.3 Å². The summed E-state index contributed by atoms with van der Waals surface area (Å²) in [6.45, 7) is 4.01. The number of nitrogens with zero attached hydrogens (tertiary/aromatic N) is 2. The van der Waals surface area contributed by atoms with Gasteiger partial charge in [0.2, 0.25) is 11.8 Å². The Morgan fingerprint density at radius 3 is 2.38 bits per heavy atom. The lowest BCUT2D eigenvalue weighted by molar-refractivity contribution is -0.127. The lowest BCUT2D eigenvalue weighted by Gasteiger charge is -2.28. The van der Waals surface area contributed by atoms with Crippen LogP contribution in [0.4, 0.5) is 5.69 Å². The first-order valence-corrected chi connectivity index (χ1v) is 9.84. The molecule has 2 N–H and O–H groups in total. The highest BCUT2D eigenvalue weighted by molar-refractivity contribution is 5.92. The number of rotatable bonds is 8. The molecule has 0 aliphatic carbocycles. The van der Waals surface area contributed by atoms with Gasteiger partial charge in [-0.1, -0.05) is 42.5 Å². The Morgan fingerprint density at radius 2 is 1.72 bits per heavy atom. The number of amides is 2. The first-order chi connectivity index (χ1) is 14.1. The second-order valence-electron chi connectivity index (χ2n) is 6.99. The fraction of sp³-hybridized carbons (Fsp3) is 0.304. The zero-order chi connectivity index (χ0) is 20.5. The van der Waals surface area contributed by atoms with Crippen LogP contribution in [0.3, 0.4) is 0 Å². The van der Waals surface area contributed by atoms with Gasteiger partial charge in [0.15, 0.2) is 0 Å². The van der Waals surface area contributed by atoms with Crippen molar-refractivity contribution in [1.29, 1.82) is 0 Å². The van der Waals surface area contributed by atoms with E-state index in [0.29, 0.717) is 13.1 Å². The van der Waals surface area contributed by atoms with Gasteiger partial charge in [-0.2, -0.15) is 0 Å². The van der Waals surface area contributed by atoms with Crippen LogP contribution in [-0.2, 0) is 20.9 Å². The summed E-state index contributed by atoms with van der Waals surface area (Å²) >= 11 is 0. The van der Waals surface area contributed by atoms with Crippen LogP contribution in [0.1, 0.15) is 17.5 Å². The molecular formula is C23H27N3O3. The summed E-state index contributed by atoms with van der Waals surface area (Å²) in [5, 5.41) is 0. The molecule has 29 heavy (non-hydrogen) atoms. The van der Waals surface area contributed by atoms with Gasteiger partial charge in [0.25, 0.3) is 0 Å². The van der Waals surface area contributed by atoms with Crippen molar-refractivity contribution in [2.75, 3.05) is 37.7 Å². The van der Waals surface area contributed by atoms with Crippen molar-refractivity contribution in [3.63, 3.8) is 0 Å². The van der Waals surface area contributed by atoms with Gasteiger partial charge in [0, 0.05) is 44.4 Å². The van der Waals surface area contributed by atoms with Crippen LogP contribution in [0.2, 0.25) is 0 Å². The molecule has 2 amide bonds. The summed E-state index contributed by atoms with van der Waals surface area (Å²) in [4.78, 5) is 27.8. The van der Waals surface area contributed by atoms with Crippen molar-refractivity contribution in [3.8, 4) is 0 Å². The number of benzene rings is 2. The number of hydrogen-bond donors (Lipinski definition) is 1. The van der Waals surface area contributed by atoms with Crippen molar-refractivity contribution in [1.82, 2.24) is 4.90 Å². The minimum atomic E-state index is -0.418. The maximum atomic E-state index is 12.7. The predicted molar refractivity (Wildman–Crippen MR) is 114 cm³/mol. The molecule has 6 heteroatoms. The van der Waals surface area contributed by atoms with Crippen molar-refractivity contribution in [2.24, 2.45) is 5.73 Å². The Kier molecular flexibility index (Phi) is 7.41. The lowest BCUT2D eigenvalue weighted by Crippen LogP contribution is -2.36. The topological polar surface area (TPSA) is 75.9 Å². The van der Waals surface area contributed by atoms with Gasteiger partial charge in [0.1, 0.15) is 0 Å². The molecule has 0 unspecified atom stereocenters. The summed E-state index contributed by atoms with van der Waals surface area (Å²) in [5.41, 5.74) is 8.38. The number of morpholine rings is 1. The van der Waals surface area contributed by atoms with Crippen LogP contribution in [-0.4, -0.2) is 49.6 Å². The molecule has 2 aromatic rings. The zero-order valence-corrected chi connectivity index (χ0v) is 16.5. The Bertz CT molecular complexity index is 828. The molecule has 152 valence electrons. The Morgan fingerprint density at radius 1 is 1.03 bits per heavy atom. The number of primary amides is 1. The molecule has 1 heterocycles. The first kappa shape index (κ1) is 20.6. The molecule has 1 fully saturated rings. The van der Waals surface area contributed by atoms with E-state index < -0.39 is 5.91 Å². The molecule has 2 aromatic carbocycles. The van der Waals surface area contributed by atoms with Gasteiger partial charge in [0.05, 0.1) is 13.2 Å². The van der Waals surface area contributed by atoms with E-state index in [1.165, 1.54) is 0 Å².